The van der Waals surface area contributed by atoms with Gasteiger partial charge in [0.1, 0.15) is 0 Å². The van der Waals surface area contributed by atoms with Crippen LogP contribution >= 0.6 is 0 Å². The third-order valence-corrected chi connectivity index (χ3v) is 4.47. The van der Waals surface area contributed by atoms with E-state index in [-0.39, 0.29) is 30.8 Å². The summed E-state index contributed by atoms with van der Waals surface area (Å²) in [7, 11) is 0. The number of alkyl halides is 3. The first-order valence-corrected chi connectivity index (χ1v) is 8.35. The van der Waals surface area contributed by atoms with Crippen LogP contribution in [0.4, 0.5) is 27.6 Å². The fourth-order valence-corrected chi connectivity index (χ4v) is 2.99. The quantitative estimate of drug-likeness (QED) is 0.800. The first-order chi connectivity index (χ1) is 13.2. The van der Waals surface area contributed by atoms with Crippen LogP contribution in [-0.2, 0) is 22.3 Å². The molecule has 28 heavy (non-hydrogen) atoms. The van der Waals surface area contributed by atoms with Crippen molar-refractivity contribution in [1.29, 1.82) is 0 Å². The highest BCUT2D eigenvalue weighted by atomic mass is 19.4. The zero-order valence-electron chi connectivity index (χ0n) is 14.4. The first kappa shape index (κ1) is 19.8. The summed E-state index contributed by atoms with van der Waals surface area (Å²) in [6, 6.07) is 7.84. The summed E-state index contributed by atoms with van der Waals surface area (Å²) in [6.45, 7) is -0.367. The highest BCUT2D eigenvalue weighted by Gasteiger charge is 2.36. The van der Waals surface area contributed by atoms with Crippen LogP contribution in [-0.4, -0.2) is 18.4 Å². The molecular formula is C19H15F5N2O2. The van der Waals surface area contributed by atoms with Gasteiger partial charge in [-0.25, -0.2) is 8.78 Å². The smallest absolute Gasteiger partial charge is 0.352 e. The van der Waals surface area contributed by atoms with Crippen molar-refractivity contribution >= 4 is 17.5 Å². The fourth-order valence-electron chi connectivity index (χ4n) is 2.99. The molecule has 1 fully saturated rings. The number of nitrogens with one attached hydrogen (secondary N) is 1. The highest BCUT2D eigenvalue weighted by Crippen LogP contribution is 2.33. The topological polar surface area (TPSA) is 49.4 Å². The van der Waals surface area contributed by atoms with Gasteiger partial charge in [-0.15, -0.1) is 0 Å². The molecule has 2 aromatic carbocycles. The molecule has 148 valence electrons. The summed E-state index contributed by atoms with van der Waals surface area (Å²) in [5.41, 5.74) is -0.897. The first-order valence-electron chi connectivity index (χ1n) is 8.35. The van der Waals surface area contributed by atoms with Gasteiger partial charge in [-0.2, -0.15) is 13.2 Å². The maximum absolute atomic E-state index is 13.6. The maximum Gasteiger partial charge on any atom is 0.416 e. The Balaban J connectivity index is 1.67. The van der Waals surface area contributed by atoms with Crippen LogP contribution in [0.1, 0.15) is 17.5 Å². The molecule has 0 bridgehead atoms. The van der Waals surface area contributed by atoms with E-state index in [0.29, 0.717) is 0 Å². The van der Waals surface area contributed by atoms with E-state index < -0.39 is 41.1 Å². The van der Waals surface area contributed by atoms with Crippen molar-refractivity contribution in [3.63, 3.8) is 0 Å². The number of nitrogens with zero attached hydrogens (tertiary/aromatic N) is 1. The number of hydrogen-bond donors (Lipinski definition) is 1. The Morgan fingerprint density at radius 1 is 1.14 bits per heavy atom. The fraction of sp³-hybridized carbons (Fsp3) is 0.263. The zero-order valence-corrected chi connectivity index (χ0v) is 14.4. The van der Waals surface area contributed by atoms with Crippen molar-refractivity contribution < 1.29 is 31.5 Å². The zero-order chi connectivity index (χ0) is 20.5. The van der Waals surface area contributed by atoms with Crippen molar-refractivity contribution in [3.05, 3.63) is 65.2 Å². The molecule has 2 aromatic rings. The van der Waals surface area contributed by atoms with E-state index in [4.69, 9.17) is 0 Å². The van der Waals surface area contributed by atoms with Crippen molar-refractivity contribution in [3.8, 4) is 0 Å². The molecule has 1 saturated heterocycles. The summed E-state index contributed by atoms with van der Waals surface area (Å²) in [6.07, 6.45) is -4.74. The number of rotatable bonds is 4. The second-order valence-corrected chi connectivity index (χ2v) is 6.38. The average Bonchev–Trinajstić information content (AvgIpc) is 3.04. The summed E-state index contributed by atoms with van der Waals surface area (Å²) < 4.78 is 65.4. The molecule has 2 amide bonds. The van der Waals surface area contributed by atoms with Crippen molar-refractivity contribution in [2.24, 2.45) is 5.92 Å². The number of amides is 2. The SMILES string of the molecule is O=C(NCc1cccc(F)c1F)C1CC(=O)N(c2cccc(C(F)(F)F)c2)C1. The minimum Gasteiger partial charge on any atom is -0.352 e. The van der Waals surface area contributed by atoms with Gasteiger partial charge in [0, 0.05) is 30.8 Å². The Morgan fingerprint density at radius 3 is 2.57 bits per heavy atom. The average molecular weight is 398 g/mol. The molecule has 1 aliphatic heterocycles. The lowest BCUT2D eigenvalue weighted by Gasteiger charge is -2.18. The Kier molecular flexibility index (Phi) is 5.35. The summed E-state index contributed by atoms with van der Waals surface area (Å²) in [5.74, 6) is -3.98. The van der Waals surface area contributed by atoms with E-state index in [1.54, 1.807) is 0 Å². The Bertz CT molecular complexity index is 913. The predicted octanol–water partition coefficient (Wildman–Crippen LogP) is 3.65. The van der Waals surface area contributed by atoms with Gasteiger partial charge in [-0.1, -0.05) is 18.2 Å². The van der Waals surface area contributed by atoms with Crippen molar-refractivity contribution in [2.75, 3.05) is 11.4 Å². The monoisotopic (exact) mass is 398 g/mol. The minimum atomic E-state index is -4.55. The standard InChI is InChI=1S/C19H15F5N2O2/c20-15-6-1-3-11(17(15)21)9-25-18(28)12-7-16(27)26(10-12)14-5-2-4-13(8-14)19(22,23)24/h1-6,8,12H,7,9-10H2,(H,25,28). The summed E-state index contributed by atoms with van der Waals surface area (Å²) >= 11 is 0. The van der Waals surface area contributed by atoms with Crippen molar-refractivity contribution in [2.45, 2.75) is 19.1 Å². The highest BCUT2D eigenvalue weighted by molar-refractivity contribution is 6.00. The van der Waals surface area contributed by atoms with Crippen molar-refractivity contribution in [1.82, 2.24) is 5.32 Å². The van der Waals surface area contributed by atoms with Crippen LogP contribution in [0.25, 0.3) is 0 Å². The van der Waals surface area contributed by atoms with Gasteiger partial charge in [0.25, 0.3) is 0 Å². The number of hydrogen-bond acceptors (Lipinski definition) is 2. The molecule has 0 aromatic heterocycles. The molecule has 4 nitrogen and oxygen atoms in total. The Morgan fingerprint density at radius 2 is 1.86 bits per heavy atom. The normalized spacial score (nSPS) is 17.1. The van der Waals surface area contributed by atoms with Crippen LogP contribution in [0.2, 0.25) is 0 Å². The lowest BCUT2D eigenvalue weighted by molar-refractivity contribution is -0.137. The predicted molar refractivity (Wildman–Crippen MR) is 90.1 cm³/mol. The van der Waals surface area contributed by atoms with Gasteiger partial charge >= 0.3 is 6.18 Å². The van der Waals surface area contributed by atoms with Gasteiger partial charge in [0.05, 0.1) is 11.5 Å². The lowest BCUT2D eigenvalue weighted by atomic mass is 10.1. The van der Waals surface area contributed by atoms with Gasteiger partial charge < -0.3 is 10.2 Å². The molecule has 0 spiro atoms. The van der Waals surface area contributed by atoms with E-state index >= 15 is 0 Å². The molecule has 0 radical (unpaired) electrons. The number of halogens is 5. The molecule has 3 rings (SSSR count). The number of benzene rings is 2. The third kappa shape index (κ3) is 4.13. The molecule has 1 N–H and O–H groups in total. The molecule has 0 aliphatic carbocycles. The largest absolute Gasteiger partial charge is 0.416 e. The maximum atomic E-state index is 13.6. The molecule has 1 heterocycles. The molecule has 1 unspecified atom stereocenters. The van der Waals surface area contributed by atoms with E-state index in [1.807, 2.05) is 0 Å². The minimum absolute atomic E-state index is 0.0475. The lowest BCUT2D eigenvalue weighted by Crippen LogP contribution is -2.33. The molecule has 0 saturated carbocycles. The number of carbonyl (C=O) groups is 2. The second-order valence-electron chi connectivity index (χ2n) is 6.38. The molecule has 1 aliphatic rings. The van der Waals surface area contributed by atoms with E-state index in [0.717, 1.165) is 23.1 Å². The van der Waals surface area contributed by atoms with Crippen LogP contribution < -0.4 is 10.2 Å². The van der Waals surface area contributed by atoms with Crippen LogP contribution in [0.5, 0.6) is 0 Å². The van der Waals surface area contributed by atoms with Gasteiger partial charge in [-0.05, 0) is 24.3 Å². The molecule has 1 atom stereocenters. The van der Waals surface area contributed by atoms with E-state index in [9.17, 15) is 31.5 Å². The number of anilines is 1. The second kappa shape index (κ2) is 7.57. The van der Waals surface area contributed by atoms with Gasteiger partial charge in [0.15, 0.2) is 11.6 Å². The molecular weight excluding hydrogens is 383 g/mol. The van der Waals surface area contributed by atoms with Gasteiger partial charge in [-0.3, -0.25) is 9.59 Å². The van der Waals surface area contributed by atoms with Crippen LogP contribution in [0.15, 0.2) is 42.5 Å². The van der Waals surface area contributed by atoms with E-state index in [1.165, 1.54) is 24.3 Å². The number of carbonyl (C=O) groups excluding carboxylic acids is 2. The Hall–Kier alpha value is -2.97. The Labute approximate surface area is 156 Å². The van der Waals surface area contributed by atoms with E-state index in [2.05, 4.69) is 5.32 Å². The third-order valence-electron chi connectivity index (χ3n) is 4.47. The van der Waals surface area contributed by atoms with Crippen LogP contribution in [0.3, 0.4) is 0 Å². The summed E-state index contributed by atoms with van der Waals surface area (Å²) in [5, 5.41) is 2.43. The molecule has 9 heteroatoms. The van der Waals surface area contributed by atoms with Crippen LogP contribution in [0, 0.1) is 17.6 Å². The summed E-state index contributed by atoms with van der Waals surface area (Å²) in [4.78, 5) is 25.6. The van der Waals surface area contributed by atoms with Gasteiger partial charge in [0.2, 0.25) is 11.8 Å².